The van der Waals surface area contributed by atoms with Crippen molar-refractivity contribution >= 4 is 22.0 Å². The molecule has 0 N–H and O–H groups in total. The van der Waals surface area contributed by atoms with Crippen molar-refractivity contribution in [1.29, 1.82) is 0 Å². The van der Waals surface area contributed by atoms with Gasteiger partial charge in [0.25, 0.3) is 0 Å². The first-order valence-corrected chi connectivity index (χ1v) is 8.05. The van der Waals surface area contributed by atoms with E-state index in [1.165, 1.54) is 11.9 Å². The van der Waals surface area contributed by atoms with Gasteiger partial charge in [-0.3, -0.25) is 0 Å². The van der Waals surface area contributed by atoms with Crippen LogP contribution in [0.5, 0.6) is 0 Å². The van der Waals surface area contributed by atoms with E-state index < -0.39 is 30.5 Å². The molecule has 0 unspecified atom stereocenters. The molecule has 0 bridgehead atoms. The van der Waals surface area contributed by atoms with E-state index in [-0.39, 0.29) is 0 Å². The Labute approximate surface area is 142 Å². The third-order valence-electron chi connectivity index (χ3n) is 3.57. The van der Waals surface area contributed by atoms with Crippen LogP contribution in [-0.4, -0.2) is 36.4 Å². The summed E-state index contributed by atoms with van der Waals surface area (Å²) in [6.07, 6.45) is -1.06. The van der Waals surface area contributed by atoms with Crippen molar-refractivity contribution in [2.75, 3.05) is 7.05 Å². The molecule has 0 aromatic heterocycles. The Morgan fingerprint density at radius 3 is 2.61 bits per heavy atom. The fraction of sp³-hybridized carbons (Fsp3) is 0.562. The van der Waals surface area contributed by atoms with Gasteiger partial charge >= 0.3 is 12.7 Å². The molecule has 1 aliphatic carbocycles. The fourth-order valence-electron chi connectivity index (χ4n) is 2.73. The summed E-state index contributed by atoms with van der Waals surface area (Å²) in [5.74, 6) is 0. The Hall–Kier alpha value is -1.21. The van der Waals surface area contributed by atoms with Crippen LogP contribution in [0.2, 0.25) is 0 Å². The monoisotopic (exact) mass is 391 g/mol. The molecule has 7 heteroatoms. The topological polar surface area (TPSA) is 38.8 Å². The minimum Gasteiger partial charge on any atom is -0.444 e. The number of carbonyl (C=O) groups is 1. The summed E-state index contributed by atoms with van der Waals surface area (Å²) in [5, 5.41) is 0. The van der Waals surface area contributed by atoms with E-state index in [1.807, 2.05) is 18.2 Å². The van der Waals surface area contributed by atoms with Gasteiger partial charge in [0.1, 0.15) is 5.60 Å². The van der Waals surface area contributed by atoms with Gasteiger partial charge in [0, 0.05) is 17.9 Å². The first-order valence-electron chi connectivity index (χ1n) is 7.26. The van der Waals surface area contributed by atoms with Crippen molar-refractivity contribution in [3.05, 3.63) is 33.8 Å². The number of amides is 1. The average molecular weight is 392 g/mol. The maximum absolute atomic E-state index is 12.7. The second-order valence-electron chi connectivity index (χ2n) is 6.52. The predicted octanol–water partition coefficient (Wildman–Crippen LogP) is 4.52. The summed E-state index contributed by atoms with van der Waals surface area (Å²) < 4.78 is 36.4. The normalized spacial score (nSPS) is 20.5. The zero-order valence-electron chi connectivity index (χ0n) is 13.5. The first-order chi connectivity index (χ1) is 10.6. The molecule has 2 rings (SSSR count). The molecule has 1 aliphatic rings. The van der Waals surface area contributed by atoms with Crippen LogP contribution in [0.25, 0.3) is 0 Å². The van der Waals surface area contributed by atoms with E-state index in [0.717, 1.165) is 15.6 Å². The summed E-state index contributed by atoms with van der Waals surface area (Å²) in [4.78, 5) is 13.6. The minimum atomic E-state index is -2.90. The summed E-state index contributed by atoms with van der Waals surface area (Å²) >= 11 is 3.37. The number of hydrogen-bond donors (Lipinski definition) is 0. The number of likely N-dealkylation sites (N-methyl/N-ethyl adjacent to an activating group) is 1. The zero-order valence-corrected chi connectivity index (χ0v) is 15.1. The van der Waals surface area contributed by atoms with Gasteiger partial charge < -0.3 is 14.4 Å². The molecular formula is C16H20BrF2NO3. The highest BCUT2D eigenvalue weighted by Crippen LogP contribution is 2.39. The van der Waals surface area contributed by atoms with Gasteiger partial charge in [0.2, 0.25) is 0 Å². The molecule has 1 amide bonds. The maximum atomic E-state index is 12.7. The Kier molecular flexibility index (Phi) is 5.30. The van der Waals surface area contributed by atoms with Crippen molar-refractivity contribution in [1.82, 2.24) is 4.90 Å². The van der Waals surface area contributed by atoms with Gasteiger partial charge in [-0.15, -0.1) is 0 Å². The van der Waals surface area contributed by atoms with Crippen molar-refractivity contribution in [3.8, 4) is 0 Å². The number of ether oxygens (including phenoxy) is 2. The van der Waals surface area contributed by atoms with E-state index in [2.05, 4.69) is 15.9 Å². The number of carbonyl (C=O) groups excluding carboxylic acids is 1. The minimum absolute atomic E-state index is 0.316. The van der Waals surface area contributed by atoms with E-state index in [9.17, 15) is 13.6 Å². The number of rotatable bonds is 3. The third kappa shape index (κ3) is 4.41. The first kappa shape index (κ1) is 18.1. The molecule has 0 saturated carbocycles. The van der Waals surface area contributed by atoms with Crippen LogP contribution in [0, 0.1) is 0 Å². The largest absolute Gasteiger partial charge is 0.444 e. The Bertz CT molecular complexity index is 589. The Balaban J connectivity index is 2.29. The van der Waals surface area contributed by atoms with Gasteiger partial charge in [0.15, 0.2) is 0 Å². The smallest absolute Gasteiger partial charge is 0.410 e. The molecule has 0 spiro atoms. The molecule has 128 valence electrons. The molecule has 23 heavy (non-hydrogen) atoms. The van der Waals surface area contributed by atoms with Gasteiger partial charge in [-0.2, -0.15) is 8.78 Å². The quantitative estimate of drug-likeness (QED) is 0.759. The second-order valence-corrected chi connectivity index (χ2v) is 7.43. The summed E-state index contributed by atoms with van der Waals surface area (Å²) in [7, 11) is 1.54. The van der Waals surface area contributed by atoms with Crippen LogP contribution in [-0.2, 0) is 15.9 Å². The van der Waals surface area contributed by atoms with Crippen molar-refractivity contribution in [3.63, 3.8) is 0 Å². The predicted molar refractivity (Wildman–Crippen MR) is 85.5 cm³/mol. The number of benzene rings is 1. The highest BCUT2D eigenvalue weighted by molar-refractivity contribution is 9.10. The van der Waals surface area contributed by atoms with Crippen molar-refractivity contribution in [2.24, 2.45) is 0 Å². The van der Waals surface area contributed by atoms with Gasteiger partial charge in [0.05, 0.1) is 12.1 Å². The standard InChI is InChI=1S/C16H20BrF2NO3/c1-16(2,3)23-15(21)20(4)13-11-6-5-10(17)7-9(11)8-12(13)22-14(18)19/h5-7,12-14H,8H2,1-4H3/t12-,13+/m1/s1. The average Bonchev–Trinajstić information content (AvgIpc) is 2.71. The number of nitrogens with zero attached hydrogens (tertiary/aromatic N) is 1. The van der Waals surface area contributed by atoms with E-state index in [4.69, 9.17) is 9.47 Å². The second kappa shape index (κ2) is 6.73. The van der Waals surface area contributed by atoms with E-state index >= 15 is 0 Å². The fourth-order valence-corrected chi connectivity index (χ4v) is 3.14. The Morgan fingerprint density at radius 1 is 1.39 bits per heavy atom. The maximum Gasteiger partial charge on any atom is 0.410 e. The number of halogens is 3. The van der Waals surface area contributed by atoms with E-state index in [1.54, 1.807) is 20.8 Å². The molecule has 0 saturated heterocycles. The molecule has 4 nitrogen and oxygen atoms in total. The molecule has 2 atom stereocenters. The summed E-state index contributed by atoms with van der Waals surface area (Å²) in [5.41, 5.74) is 1.02. The van der Waals surface area contributed by atoms with E-state index in [0.29, 0.717) is 6.42 Å². The summed E-state index contributed by atoms with van der Waals surface area (Å²) in [6.45, 7) is 2.37. The number of alkyl halides is 2. The molecule has 0 fully saturated rings. The highest BCUT2D eigenvalue weighted by atomic mass is 79.9. The van der Waals surface area contributed by atoms with Crippen molar-refractivity contribution in [2.45, 2.75) is 51.6 Å². The molecule has 0 aliphatic heterocycles. The lowest BCUT2D eigenvalue weighted by atomic mass is 10.1. The highest BCUT2D eigenvalue weighted by Gasteiger charge is 2.40. The molecule has 1 aromatic carbocycles. The number of fused-ring (bicyclic) bond motifs is 1. The lowest BCUT2D eigenvalue weighted by molar-refractivity contribution is -0.174. The van der Waals surface area contributed by atoms with Gasteiger partial charge in [-0.25, -0.2) is 4.79 Å². The van der Waals surface area contributed by atoms with Gasteiger partial charge in [-0.05, 0) is 44.0 Å². The summed E-state index contributed by atoms with van der Waals surface area (Å²) in [6, 6.07) is 4.89. The Morgan fingerprint density at radius 2 is 2.04 bits per heavy atom. The molecule has 0 heterocycles. The number of hydrogen-bond acceptors (Lipinski definition) is 3. The van der Waals surface area contributed by atoms with Crippen LogP contribution < -0.4 is 0 Å². The van der Waals surface area contributed by atoms with Crippen LogP contribution >= 0.6 is 15.9 Å². The molecule has 0 radical (unpaired) electrons. The lowest BCUT2D eigenvalue weighted by Crippen LogP contribution is -2.40. The SMILES string of the molecule is CN(C(=O)OC(C)(C)C)[C@H]1c2ccc(Br)cc2C[C@H]1OC(F)F. The molecular weight excluding hydrogens is 372 g/mol. The zero-order chi connectivity index (χ0) is 17.4. The van der Waals surface area contributed by atoms with Crippen molar-refractivity contribution < 1.29 is 23.0 Å². The van der Waals surface area contributed by atoms with Crippen LogP contribution in [0.3, 0.4) is 0 Å². The van der Waals surface area contributed by atoms with Crippen LogP contribution in [0.1, 0.15) is 37.9 Å². The van der Waals surface area contributed by atoms with Crippen LogP contribution in [0.4, 0.5) is 13.6 Å². The lowest BCUT2D eigenvalue weighted by Gasteiger charge is -2.32. The molecule has 1 aromatic rings. The van der Waals surface area contributed by atoms with Crippen LogP contribution in [0.15, 0.2) is 22.7 Å². The third-order valence-corrected chi connectivity index (χ3v) is 4.07. The van der Waals surface area contributed by atoms with Gasteiger partial charge in [-0.1, -0.05) is 22.0 Å².